The van der Waals surface area contributed by atoms with E-state index in [-0.39, 0.29) is 18.8 Å². The van der Waals surface area contributed by atoms with Gasteiger partial charge in [-0.1, -0.05) is 55.3 Å². The monoisotopic (exact) mass is 353 g/mol. The fraction of sp³-hybridized carbons (Fsp3) is 0.455. The average molecular weight is 353 g/mol. The highest BCUT2D eigenvalue weighted by molar-refractivity contribution is 5.51. The summed E-state index contributed by atoms with van der Waals surface area (Å²) in [5, 5.41) is 12.0. The van der Waals surface area contributed by atoms with Gasteiger partial charge >= 0.3 is 0 Å². The van der Waals surface area contributed by atoms with Crippen molar-refractivity contribution >= 4 is 0 Å². The molecule has 1 fully saturated rings. The smallest absolute Gasteiger partial charge is 0.231 e. The van der Waals surface area contributed by atoms with Gasteiger partial charge in [0, 0.05) is 17.5 Å². The van der Waals surface area contributed by atoms with E-state index in [0.29, 0.717) is 5.75 Å². The zero-order chi connectivity index (χ0) is 18.1. The van der Waals surface area contributed by atoms with Gasteiger partial charge < -0.3 is 19.5 Å². The zero-order valence-electron chi connectivity index (χ0n) is 15.5. The summed E-state index contributed by atoms with van der Waals surface area (Å²) < 4.78 is 11.3. The topological polar surface area (TPSA) is 41.9 Å². The minimum Gasteiger partial charge on any atom is -0.454 e. The van der Waals surface area contributed by atoms with E-state index in [4.69, 9.17) is 9.47 Å². The molecule has 1 saturated carbocycles. The van der Waals surface area contributed by atoms with Crippen LogP contribution in [0.4, 0.5) is 0 Å². The molecule has 1 aliphatic heterocycles. The van der Waals surface area contributed by atoms with Crippen LogP contribution < -0.4 is 9.47 Å². The fourth-order valence-electron chi connectivity index (χ4n) is 4.75. The molecule has 138 valence electrons. The Morgan fingerprint density at radius 2 is 1.85 bits per heavy atom. The van der Waals surface area contributed by atoms with Gasteiger partial charge in [-0.15, -0.1) is 0 Å². The molecule has 2 aromatic carbocycles. The lowest BCUT2D eigenvalue weighted by Gasteiger charge is -2.46. The first-order valence-electron chi connectivity index (χ1n) is 9.44. The summed E-state index contributed by atoms with van der Waals surface area (Å²) >= 11 is 0. The lowest BCUT2D eigenvalue weighted by molar-refractivity contribution is -0.0849. The van der Waals surface area contributed by atoms with E-state index in [1.165, 1.54) is 5.56 Å². The van der Waals surface area contributed by atoms with E-state index in [1.807, 2.05) is 24.3 Å². The van der Waals surface area contributed by atoms with E-state index in [0.717, 1.165) is 37.0 Å². The number of aliphatic hydroxyl groups is 1. The van der Waals surface area contributed by atoms with Gasteiger partial charge in [0.2, 0.25) is 6.79 Å². The van der Waals surface area contributed by atoms with Crippen LogP contribution in [-0.2, 0) is 5.60 Å². The molecule has 3 unspecified atom stereocenters. The van der Waals surface area contributed by atoms with Crippen LogP contribution in [0.25, 0.3) is 0 Å². The molecule has 26 heavy (non-hydrogen) atoms. The first-order valence-corrected chi connectivity index (χ1v) is 9.44. The van der Waals surface area contributed by atoms with Crippen molar-refractivity contribution in [3.63, 3.8) is 0 Å². The van der Waals surface area contributed by atoms with Crippen LogP contribution in [0, 0.1) is 5.92 Å². The molecule has 0 saturated heterocycles. The van der Waals surface area contributed by atoms with E-state index in [2.05, 4.69) is 43.3 Å². The van der Waals surface area contributed by atoms with Crippen molar-refractivity contribution in [2.75, 3.05) is 20.9 Å². The number of hydrogen-bond acceptors (Lipinski definition) is 4. The Hall–Kier alpha value is -2.04. The van der Waals surface area contributed by atoms with Gasteiger partial charge in [-0.05, 0) is 38.6 Å². The van der Waals surface area contributed by atoms with Gasteiger partial charge in [0.15, 0.2) is 11.5 Å². The molecule has 4 heteroatoms. The van der Waals surface area contributed by atoms with Crippen molar-refractivity contribution in [2.24, 2.45) is 5.92 Å². The Balaban J connectivity index is 1.80. The molecule has 4 nitrogen and oxygen atoms in total. The summed E-state index contributed by atoms with van der Waals surface area (Å²) in [5.41, 5.74) is 1.19. The normalized spacial score (nSPS) is 26.1. The van der Waals surface area contributed by atoms with Crippen LogP contribution >= 0.6 is 0 Å². The van der Waals surface area contributed by atoms with E-state index >= 15 is 0 Å². The molecule has 2 aromatic rings. The van der Waals surface area contributed by atoms with Crippen molar-refractivity contribution in [3.05, 3.63) is 59.7 Å². The summed E-state index contributed by atoms with van der Waals surface area (Å²) in [6, 6.07) is 16.5. The SMILES string of the molecule is CN(C)C(c1ccccc1)C1CCCCC1(O)c1cccc2c1OCO2. The molecule has 3 atom stereocenters. The third kappa shape index (κ3) is 2.87. The first kappa shape index (κ1) is 17.4. The molecule has 0 radical (unpaired) electrons. The number of benzene rings is 2. The highest BCUT2D eigenvalue weighted by Crippen LogP contribution is 2.53. The molecule has 0 bridgehead atoms. The van der Waals surface area contributed by atoms with Crippen LogP contribution in [-0.4, -0.2) is 30.9 Å². The summed E-state index contributed by atoms with van der Waals surface area (Å²) in [5.74, 6) is 1.54. The second kappa shape index (κ2) is 6.93. The van der Waals surface area contributed by atoms with Gasteiger partial charge in [-0.2, -0.15) is 0 Å². The Morgan fingerprint density at radius 3 is 2.62 bits per heavy atom. The van der Waals surface area contributed by atoms with E-state index < -0.39 is 5.60 Å². The van der Waals surface area contributed by atoms with Crippen LogP contribution in [0.3, 0.4) is 0 Å². The lowest BCUT2D eigenvalue weighted by atomic mass is 9.66. The largest absolute Gasteiger partial charge is 0.454 e. The second-order valence-corrected chi connectivity index (χ2v) is 7.64. The molecular weight excluding hydrogens is 326 g/mol. The Labute approximate surface area is 155 Å². The maximum Gasteiger partial charge on any atom is 0.231 e. The number of rotatable bonds is 4. The standard InChI is InChI=1S/C22H27NO3/c1-23(2)20(16-9-4-3-5-10-16)17-11-6-7-14-22(17,24)18-12-8-13-19-21(18)26-15-25-19/h3-5,8-10,12-13,17,20,24H,6-7,11,14-15H2,1-2H3. The third-order valence-corrected chi connectivity index (χ3v) is 5.88. The molecule has 0 amide bonds. The molecule has 0 aromatic heterocycles. The van der Waals surface area contributed by atoms with Crippen LogP contribution in [0.1, 0.15) is 42.9 Å². The van der Waals surface area contributed by atoms with Crippen molar-refractivity contribution in [1.82, 2.24) is 4.90 Å². The second-order valence-electron chi connectivity index (χ2n) is 7.64. The van der Waals surface area contributed by atoms with Crippen LogP contribution in [0.5, 0.6) is 11.5 Å². The summed E-state index contributed by atoms with van der Waals surface area (Å²) in [7, 11) is 4.20. The maximum absolute atomic E-state index is 12.0. The van der Waals surface area contributed by atoms with Crippen molar-refractivity contribution in [1.29, 1.82) is 0 Å². The van der Waals surface area contributed by atoms with Gasteiger partial charge in [0.05, 0.1) is 5.60 Å². The van der Waals surface area contributed by atoms with E-state index in [9.17, 15) is 5.11 Å². The number of fused-ring (bicyclic) bond motifs is 1. The number of hydrogen-bond donors (Lipinski definition) is 1. The molecule has 1 N–H and O–H groups in total. The van der Waals surface area contributed by atoms with Gasteiger partial charge in [-0.3, -0.25) is 0 Å². The van der Waals surface area contributed by atoms with Crippen molar-refractivity contribution in [2.45, 2.75) is 37.3 Å². The predicted octanol–water partition coefficient (Wildman–Crippen LogP) is 4.10. The van der Waals surface area contributed by atoms with Crippen LogP contribution in [0.15, 0.2) is 48.5 Å². The van der Waals surface area contributed by atoms with Crippen molar-refractivity contribution in [3.8, 4) is 11.5 Å². The minimum absolute atomic E-state index is 0.0874. The molecule has 2 aliphatic rings. The summed E-state index contributed by atoms with van der Waals surface area (Å²) in [4.78, 5) is 2.23. The zero-order valence-corrected chi connectivity index (χ0v) is 15.5. The quantitative estimate of drug-likeness (QED) is 0.899. The maximum atomic E-state index is 12.0. The molecule has 0 spiro atoms. The predicted molar refractivity (Wildman–Crippen MR) is 101 cm³/mol. The molecular formula is C22H27NO3. The Kier molecular flexibility index (Phi) is 4.63. The third-order valence-electron chi connectivity index (χ3n) is 5.88. The lowest BCUT2D eigenvalue weighted by Crippen LogP contribution is -2.45. The number of ether oxygens (including phenoxy) is 2. The summed E-state index contributed by atoms with van der Waals surface area (Å²) in [6.45, 7) is 0.225. The molecule has 1 aliphatic carbocycles. The molecule has 4 rings (SSSR count). The average Bonchev–Trinajstić information content (AvgIpc) is 3.13. The van der Waals surface area contributed by atoms with Crippen LogP contribution in [0.2, 0.25) is 0 Å². The Bertz CT molecular complexity index is 761. The molecule has 1 heterocycles. The fourth-order valence-corrected chi connectivity index (χ4v) is 4.75. The minimum atomic E-state index is -0.929. The van der Waals surface area contributed by atoms with Gasteiger partial charge in [0.1, 0.15) is 0 Å². The Morgan fingerprint density at radius 1 is 1.04 bits per heavy atom. The summed E-state index contributed by atoms with van der Waals surface area (Å²) in [6.07, 6.45) is 3.89. The number of nitrogens with zero attached hydrogens (tertiary/aromatic N) is 1. The van der Waals surface area contributed by atoms with Crippen molar-refractivity contribution < 1.29 is 14.6 Å². The number of para-hydroxylation sites is 1. The van der Waals surface area contributed by atoms with E-state index in [1.54, 1.807) is 0 Å². The first-order chi connectivity index (χ1) is 12.6. The van der Waals surface area contributed by atoms with Gasteiger partial charge in [0.25, 0.3) is 0 Å². The van der Waals surface area contributed by atoms with Gasteiger partial charge in [-0.25, -0.2) is 0 Å². The highest BCUT2D eigenvalue weighted by atomic mass is 16.7. The highest BCUT2D eigenvalue weighted by Gasteiger charge is 2.47.